The van der Waals surface area contributed by atoms with Crippen LogP contribution < -0.4 is 0 Å². The van der Waals surface area contributed by atoms with Crippen molar-refractivity contribution >= 4 is 12.1 Å². The average molecular weight is 229 g/mol. The molecule has 1 rings (SSSR count). The first-order valence-electron chi connectivity index (χ1n) is 5.02. The highest BCUT2D eigenvalue weighted by atomic mass is 16.6. The maximum atomic E-state index is 11.4. The Hall–Kier alpha value is -1.56. The van der Waals surface area contributed by atoms with Crippen molar-refractivity contribution in [2.24, 2.45) is 0 Å². The van der Waals surface area contributed by atoms with Gasteiger partial charge in [0.2, 0.25) is 0 Å². The Morgan fingerprint density at radius 3 is 2.50 bits per heavy atom. The van der Waals surface area contributed by atoms with Crippen LogP contribution in [0.4, 0.5) is 4.79 Å². The lowest BCUT2D eigenvalue weighted by atomic mass is 10.5. The fourth-order valence-corrected chi connectivity index (χ4v) is 1.17. The first-order chi connectivity index (χ1) is 7.74. The summed E-state index contributed by atoms with van der Waals surface area (Å²) >= 11 is 0. The van der Waals surface area contributed by atoms with Crippen molar-refractivity contribution < 1.29 is 23.8 Å². The molecule has 16 heavy (non-hydrogen) atoms. The van der Waals surface area contributed by atoms with E-state index < -0.39 is 12.1 Å². The zero-order valence-corrected chi connectivity index (χ0v) is 9.02. The highest BCUT2D eigenvalue weighted by Crippen LogP contribution is 1.99. The minimum Gasteiger partial charge on any atom is -0.459 e. The summed E-state index contributed by atoms with van der Waals surface area (Å²) in [5.41, 5.74) is 0. The molecule has 1 saturated heterocycles. The van der Waals surface area contributed by atoms with E-state index in [1.807, 2.05) is 0 Å². The van der Waals surface area contributed by atoms with Gasteiger partial charge in [-0.15, -0.1) is 0 Å². The lowest BCUT2D eigenvalue weighted by molar-refractivity contribution is -0.138. The molecule has 0 unspecified atom stereocenters. The Morgan fingerprint density at radius 1 is 1.25 bits per heavy atom. The van der Waals surface area contributed by atoms with Crippen molar-refractivity contribution in [2.45, 2.75) is 0 Å². The van der Waals surface area contributed by atoms with Gasteiger partial charge in [-0.25, -0.2) is 9.59 Å². The first-order valence-corrected chi connectivity index (χ1v) is 5.02. The number of esters is 1. The second kappa shape index (κ2) is 6.84. The molecule has 1 aliphatic rings. The molecule has 0 aromatic carbocycles. The highest BCUT2D eigenvalue weighted by Gasteiger charge is 2.17. The molecule has 1 heterocycles. The predicted molar refractivity (Wildman–Crippen MR) is 54.9 cm³/mol. The third-order valence-corrected chi connectivity index (χ3v) is 1.99. The van der Waals surface area contributed by atoms with E-state index in [0.29, 0.717) is 26.3 Å². The van der Waals surface area contributed by atoms with Gasteiger partial charge in [0.1, 0.15) is 13.2 Å². The molecular formula is C10H15NO5. The Labute approximate surface area is 93.8 Å². The minimum atomic E-state index is -0.526. The van der Waals surface area contributed by atoms with Crippen molar-refractivity contribution in [3.8, 4) is 0 Å². The molecule has 1 amide bonds. The monoisotopic (exact) mass is 229 g/mol. The number of rotatable bonds is 4. The molecule has 6 heteroatoms. The molecule has 1 aliphatic heterocycles. The van der Waals surface area contributed by atoms with E-state index in [1.54, 1.807) is 4.90 Å². The van der Waals surface area contributed by atoms with Gasteiger partial charge in [-0.3, -0.25) is 0 Å². The van der Waals surface area contributed by atoms with Crippen LogP contribution in [0.5, 0.6) is 0 Å². The first kappa shape index (κ1) is 12.5. The van der Waals surface area contributed by atoms with Crippen LogP contribution in [0.2, 0.25) is 0 Å². The van der Waals surface area contributed by atoms with Gasteiger partial charge in [0.25, 0.3) is 0 Å². The van der Waals surface area contributed by atoms with Gasteiger partial charge < -0.3 is 19.1 Å². The topological polar surface area (TPSA) is 65.1 Å². The third-order valence-electron chi connectivity index (χ3n) is 1.99. The molecule has 90 valence electrons. The summed E-state index contributed by atoms with van der Waals surface area (Å²) in [6.07, 6.45) is 0.655. The maximum Gasteiger partial charge on any atom is 0.410 e. The van der Waals surface area contributed by atoms with E-state index in [0.717, 1.165) is 6.08 Å². The quantitative estimate of drug-likeness (QED) is 0.391. The number of hydrogen-bond donors (Lipinski definition) is 0. The Bertz CT molecular complexity index is 260. The molecule has 0 atom stereocenters. The lowest BCUT2D eigenvalue weighted by Crippen LogP contribution is -2.41. The van der Waals surface area contributed by atoms with Gasteiger partial charge in [0.05, 0.1) is 13.2 Å². The van der Waals surface area contributed by atoms with E-state index in [4.69, 9.17) is 9.47 Å². The molecule has 0 saturated carbocycles. The molecule has 0 aliphatic carbocycles. The number of ether oxygens (including phenoxy) is 3. The zero-order valence-electron chi connectivity index (χ0n) is 9.02. The summed E-state index contributed by atoms with van der Waals surface area (Å²) in [6.45, 7) is 5.46. The van der Waals surface area contributed by atoms with Crippen molar-refractivity contribution in [3.05, 3.63) is 12.7 Å². The smallest absolute Gasteiger partial charge is 0.410 e. The van der Waals surface area contributed by atoms with Crippen LogP contribution in [0.1, 0.15) is 0 Å². The zero-order chi connectivity index (χ0) is 11.8. The highest BCUT2D eigenvalue weighted by molar-refractivity contribution is 5.81. The van der Waals surface area contributed by atoms with Crippen molar-refractivity contribution in [1.29, 1.82) is 0 Å². The van der Waals surface area contributed by atoms with Crippen LogP contribution >= 0.6 is 0 Å². The predicted octanol–water partition coefficient (Wildman–Crippen LogP) is 0.184. The van der Waals surface area contributed by atoms with Gasteiger partial charge in [-0.2, -0.15) is 0 Å². The number of carbonyl (C=O) groups is 2. The van der Waals surface area contributed by atoms with Gasteiger partial charge in [0, 0.05) is 19.2 Å². The molecule has 0 spiro atoms. The number of nitrogens with zero attached hydrogens (tertiary/aromatic N) is 1. The molecule has 1 fully saturated rings. The SMILES string of the molecule is C=CC(=O)OCCOC(=O)N1CCOCC1. The van der Waals surface area contributed by atoms with Crippen molar-refractivity contribution in [1.82, 2.24) is 4.90 Å². The van der Waals surface area contributed by atoms with E-state index >= 15 is 0 Å². The fraction of sp³-hybridized carbons (Fsp3) is 0.600. The standard InChI is InChI=1S/C10H15NO5/c1-2-9(12)15-7-8-16-10(13)11-3-5-14-6-4-11/h2H,1,3-8H2. The van der Waals surface area contributed by atoms with Crippen LogP contribution in [0, 0.1) is 0 Å². The van der Waals surface area contributed by atoms with Crippen LogP contribution in [-0.4, -0.2) is 56.5 Å². The number of carbonyl (C=O) groups excluding carboxylic acids is 2. The third kappa shape index (κ3) is 4.31. The number of hydrogen-bond acceptors (Lipinski definition) is 5. The minimum absolute atomic E-state index is 0.0426. The maximum absolute atomic E-state index is 11.4. The van der Waals surface area contributed by atoms with Gasteiger partial charge in [-0.05, 0) is 0 Å². The van der Waals surface area contributed by atoms with Gasteiger partial charge in [-0.1, -0.05) is 6.58 Å². The second-order valence-corrected chi connectivity index (χ2v) is 3.09. The summed E-state index contributed by atoms with van der Waals surface area (Å²) in [7, 11) is 0. The largest absolute Gasteiger partial charge is 0.459 e. The van der Waals surface area contributed by atoms with Crippen molar-refractivity contribution in [2.75, 3.05) is 39.5 Å². The molecule has 0 aromatic heterocycles. The molecule has 0 N–H and O–H groups in total. The van der Waals surface area contributed by atoms with Gasteiger partial charge in [0.15, 0.2) is 0 Å². The Kier molecular flexibility index (Phi) is 5.35. The molecule has 6 nitrogen and oxygen atoms in total. The van der Waals surface area contributed by atoms with E-state index in [-0.39, 0.29) is 13.2 Å². The summed E-state index contributed by atoms with van der Waals surface area (Å²) < 4.78 is 14.6. The van der Waals surface area contributed by atoms with Crippen LogP contribution in [0.25, 0.3) is 0 Å². The average Bonchev–Trinajstić information content (AvgIpc) is 2.35. The van der Waals surface area contributed by atoms with Crippen molar-refractivity contribution in [3.63, 3.8) is 0 Å². The van der Waals surface area contributed by atoms with E-state index in [1.165, 1.54) is 0 Å². The molecule has 0 bridgehead atoms. The Balaban J connectivity index is 2.09. The number of amides is 1. The van der Waals surface area contributed by atoms with Crippen LogP contribution in [-0.2, 0) is 19.0 Å². The fourth-order valence-electron chi connectivity index (χ4n) is 1.17. The van der Waals surface area contributed by atoms with Gasteiger partial charge >= 0.3 is 12.1 Å². The summed E-state index contributed by atoms with van der Waals surface area (Å²) in [6, 6.07) is 0. The second-order valence-electron chi connectivity index (χ2n) is 3.09. The molecule has 0 aromatic rings. The van der Waals surface area contributed by atoms with E-state index in [9.17, 15) is 9.59 Å². The summed E-state index contributed by atoms with van der Waals surface area (Å²) in [5, 5.41) is 0. The normalized spacial score (nSPS) is 15.4. The Morgan fingerprint density at radius 2 is 1.88 bits per heavy atom. The van der Waals surface area contributed by atoms with Crippen LogP contribution in [0.15, 0.2) is 12.7 Å². The van der Waals surface area contributed by atoms with Crippen LogP contribution in [0.3, 0.4) is 0 Å². The summed E-state index contributed by atoms with van der Waals surface area (Å²) in [5.74, 6) is -0.526. The molecule has 0 radical (unpaired) electrons. The lowest BCUT2D eigenvalue weighted by Gasteiger charge is -2.25. The van der Waals surface area contributed by atoms with E-state index in [2.05, 4.69) is 11.3 Å². The summed E-state index contributed by atoms with van der Waals surface area (Å²) in [4.78, 5) is 23.6. The number of morpholine rings is 1. The molecular weight excluding hydrogens is 214 g/mol.